The van der Waals surface area contributed by atoms with Gasteiger partial charge in [-0.25, -0.2) is 0 Å². The average molecular weight is 373 g/mol. The Hall–Kier alpha value is -2.27. The van der Waals surface area contributed by atoms with E-state index in [-0.39, 0.29) is 12.0 Å². The van der Waals surface area contributed by atoms with Crippen LogP contribution in [0.25, 0.3) is 16.5 Å². The number of aryl methyl sites for hydroxylation is 2. The van der Waals surface area contributed by atoms with Crippen molar-refractivity contribution in [1.29, 1.82) is 0 Å². The molecule has 0 aliphatic carbocycles. The molecule has 1 heterocycles. The third-order valence-electron chi connectivity index (χ3n) is 4.37. The van der Waals surface area contributed by atoms with Crippen molar-refractivity contribution in [2.45, 2.75) is 54.1 Å². The first-order chi connectivity index (χ1) is 12.8. The van der Waals surface area contributed by atoms with Gasteiger partial charge >= 0.3 is 0 Å². The summed E-state index contributed by atoms with van der Waals surface area (Å²) in [5.41, 5.74) is 4.64. The third kappa shape index (κ3) is 5.36. The summed E-state index contributed by atoms with van der Waals surface area (Å²) in [6, 6.07) is 2.04. The minimum Gasteiger partial charge on any atom is -0.493 e. The van der Waals surface area contributed by atoms with Crippen molar-refractivity contribution in [1.82, 2.24) is 5.32 Å². The van der Waals surface area contributed by atoms with Gasteiger partial charge in [-0.05, 0) is 65.2 Å². The van der Waals surface area contributed by atoms with Crippen molar-refractivity contribution in [3.8, 4) is 5.75 Å². The number of carbonyl (C=O) groups excluding carboxylic acids is 1. The molecule has 1 aromatic carbocycles. The molecule has 1 N–H and O–H groups in total. The molecule has 0 atom stereocenters. The molecule has 5 nitrogen and oxygen atoms in total. The third-order valence-corrected chi connectivity index (χ3v) is 4.37. The minimum absolute atomic E-state index is 0.110. The van der Waals surface area contributed by atoms with Crippen molar-refractivity contribution >= 4 is 22.4 Å². The van der Waals surface area contributed by atoms with Crippen molar-refractivity contribution < 1.29 is 18.7 Å². The number of furan rings is 1. The maximum Gasteiger partial charge on any atom is 0.244 e. The zero-order chi connectivity index (χ0) is 20.0. The zero-order valence-electron chi connectivity index (χ0n) is 17.3. The molecule has 5 heteroatoms. The summed E-state index contributed by atoms with van der Waals surface area (Å²) in [4.78, 5) is 12.3. The van der Waals surface area contributed by atoms with Gasteiger partial charge in [0.15, 0.2) is 0 Å². The summed E-state index contributed by atoms with van der Waals surface area (Å²) in [6.45, 7) is 13.7. The van der Waals surface area contributed by atoms with Crippen LogP contribution in [0.15, 0.2) is 22.8 Å². The van der Waals surface area contributed by atoms with E-state index in [1.807, 2.05) is 47.6 Å². The summed E-state index contributed by atoms with van der Waals surface area (Å²) in [5, 5.41) is 3.96. The van der Waals surface area contributed by atoms with Crippen LogP contribution in [0.4, 0.5) is 0 Å². The molecular formula is C22H31NO4. The second kappa shape index (κ2) is 9.60. The second-order valence-corrected chi connectivity index (χ2v) is 7.00. The molecule has 0 aliphatic rings. The van der Waals surface area contributed by atoms with E-state index in [4.69, 9.17) is 13.9 Å². The number of carbonyl (C=O) groups is 1. The van der Waals surface area contributed by atoms with Crippen LogP contribution < -0.4 is 10.1 Å². The van der Waals surface area contributed by atoms with E-state index in [0.29, 0.717) is 19.8 Å². The zero-order valence-corrected chi connectivity index (χ0v) is 17.3. The summed E-state index contributed by atoms with van der Waals surface area (Å²) >= 11 is 0. The Kier molecular flexibility index (Phi) is 7.48. The van der Waals surface area contributed by atoms with E-state index in [0.717, 1.165) is 45.4 Å². The molecule has 1 aromatic heterocycles. The van der Waals surface area contributed by atoms with Crippen LogP contribution in [-0.2, 0) is 9.53 Å². The Balaban J connectivity index is 2.18. The molecule has 0 saturated carbocycles. The highest BCUT2D eigenvalue weighted by molar-refractivity contribution is 5.98. The maximum atomic E-state index is 12.3. The van der Waals surface area contributed by atoms with E-state index >= 15 is 0 Å². The Morgan fingerprint density at radius 2 is 2.07 bits per heavy atom. The number of hydrogen-bond donors (Lipinski definition) is 1. The van der Waals surface area contributed by atoms with E-state index in [1.165, 1.54) is 0 Å². The molecule has 1 amide bonds. The molecule has 0 aliphatic heterocycles. The normalized spacial score (nSPS) is 12.0. The summed E-state index contributed by atoms with van der Waals surface area (Å²) in [5.74, 6) is 0.660. The van der Waals surface area contributed by atoms with Gasteiger partial charge in [0.05, 0.1) is 19.0 Å². The average Bonchev–Trinajstić information content (AvgIpc) is 2.98. The molecule has 0 fully saturated rings. The van der Waals surface area contributed by atoms with Crippen LogP contribution >= 0.6 is 0 Å². The Morgan fingerprint density at radius 3 is 2.74 bits per heavy atom. The lowest BCUT2D eigenvalue weighted by Gasteiger charge is -2.14. The molecule has 2 rings (SSSR count). The SMILES string of the molecule is CCOc1c(/C(C)=C/C(=O)NCCCOC(C)C)cc2c(C)coc2c1C. The minimum atomic E-state index is -0.110. The fourth-order valence-corrected chi connectivity index (χ4v) is 2.99. The number of amides is 1. The molecule has 0 spiro atoms. The van der Waals surface area contributed by atoms with Crippen molar-refractivity contribution in [3.05, 3.63) is 35.1 Å². The van der Waals surface area contributed by atoms with Crippen LogP contribution in [0.2, 0.25) is 0 Å². The Bertz CT molecular complexity index is 817. The van der Waals surface area contributed by atoms with Gasteiger partial charge in [-0.2, -0.15) is 0 Å². The number of hydrogen-bond acceptors (Lipinski definition) is 4. The predicted octanol–water partition coefficient (Wildman–Crippen LogP) is 4.78. The number of nitrogens with one attached hydrogen (secondary N) is 1. The predicted molar refractivity (Wildman–Crippen MR) is 109 cm³/mol. The molecule has 2 aromatic rings. The number of rotatable bonds is 9. The number of fused-ring (bicyclic) bond motifs is 1. The summed E-state index contributed by atoms with van der Waals surface area (Å²) in [7, 11) is 0. The molecule has 0 radical (unpaired) electrons. The number of benzene rings is 1. The highest BCUT2D eigenvalue weighted by Crippen LogP contribution is 2.37. The van der Waals surface area contributed by atoms with Crippen LogP contribution in [0.5, 0.6) is 5.75 Å². The van der Waals surface area contributed by atoms with Gasteiger partial charge in [-0.1, -0.05) is 0 Å². The smallest absolute Gasteiger partial charge is 0.244 e. The van der Waals surface area contributed by atoms with E-state index in [1.54, 1.807) is 12.3 Å². The quantitative estimate of drug-likeness (QED) is 0.507. The molecular weight excluding hydrogens is 342 g/mol. The first kappa shape index (κ1) is 21.0. The lowest BCUT2D eigenvalue weighted by Crippen LogP contribution is -2.23. The van der Waals surface area contributed by atoms with Crippen LogP contribution in [0.1, 0.15) is 50.8 Å². The second-order valence-electron chi connectivity index (χ2n) is 7.00. The summed E-state index contributed by atoms with van der Waals surface area (Å²) in [6.07, 6.45) is 4.38. The van der Waals surface area contributed by atoms with Gasteiger partial charge in [0.25, 0.3) is 0 Å². The fourth-order valence-electron chi connectivity index (χ4n) is 2.99. The highest BCUT2D eigenvalue weighted by Gasteiger charge is 2.17. The van der Waals surface area contributed by atoms with Crippen LogP contribution in [0, 0.1) is 13.8 Å². The summed E-state index contributed by atoms with van der Waals surface area (Å²) < 4.78 is 17.0. The van der Waals surface area contributed by atoms with Gasteiger partial charge in [0.2, 0.25) is 5.91 Å². The van der Waals surface area contributed by atoms with E-state index in [9.17, 15) is 4.79 Å². The molecule has 0 saturated heterocycles. The van der Waals surface area contributed by atoms with E-state index < -0.39 is 0 Å². The van der Waals surface area contributed by atoms with Gasteiger partial charge in [0.1, 0.15) is 11.3 Å². The lowest BCUT2D eigenvalue weighted by atomic mass is 9.98. The van der Waals surface area contributed by atoms with Gasteiger partial charge in [-0.3, -0.25) is 4.79 Å². The van der Waals surface area contributed by atoms with Crippen molar-refractivity contribution in [3.63, 3.8) is 0 Å². The fraction of sp³-hybridized carbons (Fsp3) is 0.500. The van der Waals surface area contributed by atoms with Crippen molar-refractivity contribution in [2.24, 2.45) is 0 Å². The molecule has 27 heavy (non-hydrogen) atoms. The maximum absolute atomic E-state index is 12.3. The van der Waals surface area contributed by atoms with Crippen molar-refractivity contribution in [2.75, 3.05) is 19.8 Å². The largest absolute Gasteiger partial charge is 0.493 e. The van der Waals surface area contributed by atoms with Crippen LogP contribution in [0.3, 0.4) is 0 Å². The first-order valence-corrected chi connectivity index (χ1v) is 9.57. The van der Waals surface area contributed by atoms with Crippen LogP contribution in [-0.4, -0.2) is 31.8 Å². The molecule has 0 unspecified atom stereocenters. The van der Waals surface area contributed by atoms with Gasteiger partial charge < -0.3 is 19.2 Å². The lowest BCUT2D eigenvalue weighted by molar-refractivity contribution is -0.116. The Morgan fingerprint density at radius 1 is 1.33 bits per heavy atom. The first-order valence-electron chi connectivity index (χ1n) is 9.57. The van der Waals surface area contributed by atoms with Gasteiger partial charge in [0, 0.05) is 35.7 Å². The monoisotopic (exact) mass is 373 g/mol. The Labute approximate surface area is 161 Å². The molecule has 148 valence electrons. The standard InChI is InChI=1S/C22H31NO4/c1-7-25-21-17(6)22-19(16(5)13-27-22)12-18(21)15(4)11-20(24)23-9-8-10-26-14(2)3/h11-14H,7-10H2,1-6H3,(H,23,24)/b15-11+. The highest BCUT2D eigenvalue weighted by atomic mass is 16.5. The van der Waals surface area contributed by atoms with Gasteiger partial charge in [-0.15, -0.1) is 0 Å². The number of allylic oxidation sites excluding steroid dienone is 1. The number of ether oxygens (including phenoxy) is 2. The molecule has 0 bridgehead atoms. The topological polar surface area (TPSA) is 60.7 Å². The van der Waals surface area contributed by atoms with E-state index in [2.05, 4.69) is 5.32 Å².